The summed E-state index contributed by atoms with van der Waals surface area (Å²) in [4.78, 5) is 24.1. The summed E-state index contributed by atoms with van der Waals surface area (Å²) in [6.07, 6.45) is 0.390. The van der Waals surface area contributed by atoms with Crippen molar-refractivity contribution in [2.24, 2.45) is 11.1 Å². The molecular weight excluding hydrogens is 337 g/mol. The maximum atomic E-state index is 12.1. The van der Waals surface area contributed by atoms with Crippen LogP contribution in [0, 0.1) is 5.41 Å². The van der Waals surface area contributed by atoms with Gasteiger partial charge in [0, 0.05) is 24.7 Å². The van der Waals surface area contributed by atoms with Crippen molar-refractivity contribution in [3.63, 3.8) is 0 Å². The molecule has 23 heavy (non-hydrogen) atoms. The lowest BCUT2D eigenvalue weighted by molar-refractivity contribution is -0.117. The Labute approximate surface area is 148 Å². The van der Waals surface area contributed by atoms with Gasteiger partial charge >= 0.3 is 0 Å². The smallest absolute Gasteiger partial charge is 0.253 e. The van der Waals surface area contributed by atoms with Crippen LogP contribution in [0.15, 0.2) is 18.2 Å². The van der Waals surface area contributed by atoms with Crippen molar-refractivity contribution in [3.05, 3.63) is 28.8 Å². The summed E-state index contributed by atoms with van der Waals surface area (Å²) in [5.74, 6) is -0.411. The molecule has 5 nitrogen and oxygen atoms in total. The molecule has 0 heterocycles. The molecule has 0 aliphatic rings. The van der Waals surface area contributed by atoms with Gasteiger partial charge in [0.15, 0.2) is 0 Å². The Bertz CT molecular complexity index is 557. The third-order valence-corrected chi connectivity index (χ3v) is 3.25. The van der Waals surface area contributed by atoms with Gasteiger partial charge in [0.2, 0.25) is 5.91 Å². The summed E-state index contributed by atoms with van der Waals surface area (Å²) < 4.78 is 0. The first kappa shape index (κ1) is 21.7. The van der Waals surface area contributed by atoms with Crippen LogP contribution in [0.4, 0.5) is 5.69 Å². The van der Waals surface area contributed by atoms with Crippen LogP contribution in [0.1, 0.15) is 44.5 Å². The van der Waals surface area contributed by atoms with Crippen molar-refractivity contribution in [1.82, 2.24) is 5.32 Å². The third-order valence-electron chi connectivity index (χ3n) is 2.92. The highest BCUT2D eigenvalue weighted by Gasteiger charge is 2.17. The number of nitrogens with two attached hydrogens (primary N) is 1. The quantitative estimate of drug-likeness (QED) is 0.752. The number of benzene rings is 1. The molecule has 0 bridgehead atoms. The summed E-state index contributed by atoms with van der Waals surface area (Å²) in [6.45, 7) is 8.11. The topological polar surface area (TPSA) is 84.2 Å². The second-order valence-electron chi connectivity index (χ2n) is 6.59. The highest BCUT2D eigenvalue weighted by atomic mass is 35.5. The molecule has 2 amide bonds. The lowest BCUT2D eigenvalue weighted by Crippen LogP contribution is -2.37. The second kappa shape index (κ2) is 9.11. The molecule has 0 saturated carbocycles. The van der Waals surface area contributed by atoms with Crippen LogP contribution in [0.2, 0.25) is 5.02 Å². The van der Waals surface area contributed by atoms with Gasteiger partial charge in [-0.1, -0.05) is 32.4 Å². The lowest BCUT2D eigenvalue weighted by Gasteiger charge is -2.18. The molecule has 130 valence electrons. The molecule has 0 aliphatic heterocycles. The number of nitrogens with one attached hydrogen (secondary N) is 2. The van der Waals surface area contributed by atoms with Gasteiger partial charge in [-0.2, -0.15) is 0 Å². The average Bonchev–Trinajstić information content (AvgIpc) is 2.38. The maximum absolute atomic E-state index is 12.1. The van der Waals surface area contributed by atoms with Gasteiger partial charge in [0.25, 0.3) is 5.91 Å². The zero-order valence-electron chi connectivity index (χ0n) is 13.9. The first-order chi connectivity index (χ1) is 10.1. The predicted molar refractivity (Wildman–Crippen MR) is 97.4 cm³/mol. The van der Waals surface area contributed by atoms with E-state index in [0.717, 1.165) is 0 Å². The summed E-state index contributed by atoms with van der Waals surface area (Å²) in [7, 11) is 0. The molecule has 0 radical (unpaired) electrons. The van der Waals surface area contributed by atoms with E-state index in [0.29, 0.717) is 29.2 Å². The van der Waals surface area contributed by atoms with E-state index >= 15 is 0 Å². The van der Waals surface area contributed by atoms with E-state index in [1.54, 1.807) is 25.1 Å². The number of hydrogen-bond acceptors (Lipinski definition) is 3. The van der Waals surface area contributed by atoms with Gasteiger partial charge in [-0.3, -0.25) is 9.59 Å². The number of carbonyl (C=O) groups is 2. The fraction of sp³-hybridized carbons (Fsp3) is 0.500. The van der Waals surface area contributed by atoms with Crippen molar-refractivity contribution in [1.29, 1.82) is 0 Å². The Kier molecular flexibility index (Phi) is 8.59. The molecule has 0 saturated heterocycles. The Morgan fingerprint density at radius 1 is 1.30 bits per heavy atom. The van der Waals surface area contributed by atoms with Crippen LogP contribution in [0.3, 0.4) is 0 Å². The van der Waals surface area contributed by atoms with Crippen molar-refractivity contribution in [2.75, 3.05) is 11.9 Å². The van der Waals surface area contributed by atoms with Crippen molar-refractivity contribution >= 4 is 41.5 Å². The van der Waals surface area contributed by atoms with Gasteiger partial charge in [-0.15, -0.1) is 12.4 Å². The van der Waals surface area contributed by atoms with E-state index in [2.05, 4.69) is 10.6 Å². The monoisotopic (exact) mass is 361 g/mol. The van der Waals surface area contributed by atoms with E-state index in [9.17, 15) is 9.59 Å². The van der Waals surface area contributed by atoms with Gasteiger partial charge in [0.1, 0.15) is 0 Å². The van der Waals surface area contributed by atoms with Crippen LogP contribution in [-0.2, 0) is 4.79 Å². The van der Waals surface area contributed by atoms with E-state index < -0.39 is 0 Å². The molecule has 0 aromatic heterocycles. The molecule has 1 aromatic rings. The largest absolute Gasteiger partial charge is 0.348 e. The Morgan fingerprint density at radius 2 is 1.91 bits per heavy atom. The van der Waals surface area contributed by atoms with Gasteiger partial charge in [0.05, 0.1) is 10.6 Å². The zero-order valence-corrected chi connectivity index (χ0v) is 15.5. The van der Waals surface area contributed by atoms with Crippen LogP contribution in [-0.4, -0.2) is 24.4 Å². The van der Waals surface area contributed by atoms with Gasteiger partial charge in [-0.25, -0.2) is 0 Å². The first-order valence-electron chi connectivity index (χ1n) is 7.22. The van der Waals surface area contributed by atoms with E-state index in [1.807, 2.05) is 20.8 Å². The van der Waals surface area contributed by atoms with E-state index in [4.69, 9.17) is 17.3 Å². The fourth-order valence-electron chi connectivity index (χ4n) is 1.82. The lowest BCUT2D eigenvalue weighted by atomic mass is 9.92. The molecular formula is C16H25Cl2N3O2. The summed E-state index contributed by atoms with van der Waals surface area (Å²) in [6, 6.07) is 4.69. The number of halogens is 2. The fourth-order valence-corrected chi connectivity index (χ4v) is 2.03. The molecule has 0 aliphatic carbocycles. The summed E-state index contributed by atoms with van der Waals surface area (Å²) in [5.41, 5.74) is 6.24. The van der Waals surface area contributed by atoms with Gasteiger partial charge < -0.3 is 16.4 Å². The molecule has 0 spiro atoms. The third kappa shape index (κ3) is 7.68. The molecule has 1 aromatic carbocycles. The molecule has 0 fully saturated rings. The number of anilines is 1. The Morgan fingerprint density at radius 3 is 2.43 bits per heavy atom. The predicted octanol–water partition coefficient (Wildman–Crippen LogP) is 3.21. The minimum Gasteiger partial charge on any atom is -0.348 e. The van der Waals surface area contributed by atoms with Crippen LogP contribution >= 0.6 is 24.0 Å². The van der Waals surface area contributed by atoms with E-state index in [-0.39, 0.29) is 35.7 Å². The van der Waals surface area contributed by atoms with E-state index in [1.165, 1.54) is 0 Å². The zero-order chi connectivity index (χ0) is 16.9. The standard InChI is InChI=1S/C16H24ClN3O2.ClH/c1-10(9-18)19-15(22)12-7-11(5-6-13(12)17)20-14(21)8-16(2,3)4;/h5-7,10H,8-9,18H2,1-4H3,(H,19,22)(H,20,21);1H/t10-;/m0./s1. The highest BCUT2D eigenvalue weighted by Crippen LogP contribution is 2.23. The molecule has 7 heteroatoms. The second-order valence-corrected chi connectivity index (χ2v) is 7.00. The molecule has 1 atom stereocenters. The number of rotatable bonds is 5. The van der Waals surface area contributed by atoms with Crippen molar-refractivity contribution < 1.29 is 9.59 Å². The molecule has 0 unspecified atom stereocenters. The van der Waals surface area contributed by atoms with Crippen molar-refractivity contribution in [3.8, 4) is 0 Å². The summed E-state index contributed by atoms with van der Waals surface area (Å²) >= 11 is 6.06. The van der Waals surface area contributed by atoms with Crippen molar-refractivity contribution in [2.45, 2.75) is 40.2 Å². The first-order valence-corrected chi connectivity index (χ1v) is 7.60. The van der Waals surface area contributed by atoms with Crippen LogP contribution < -0.4 is 16.4 Å². The highest BCUT2D eigenvalue weighted by molar-refractivity contribution is 6.34. The SMILES string of the molecule is C[C@@H](CN)NC(=O)c1cc(NC(=O)CC(C)(C)C)ccc1Cl.Cl. The van der Waals surface area contributed by atoms with Crippen LogP contribution in [0.25, 0.3) is 0 Å². The Balaban J connectivity index is 0.00000484. The maximum Gasteiger partial charge on any atom is 0.253 e. The number of carbonyl (C=O) groups excluding carboxylic acids is 2. The van der Waals surface area contributed by atoms with Crippen LogP contribution in [0.5, 0.6) is 0 Å². The minimum atomic E-state index is -0.310. The normalized spacial score (nSPS) is 12.1. The molecule has 1 rings (SSSR count). The Hall–Kier alpha value is -1.30. The number of amides is 2. The number of hydrogen-bond donors (Lipinski definition) is 3. The van der Waals surface area contributed by atoms with Gasteiger partial charge in [-0.05, 0) is 30.5 Å². The average molecular weight is 362 g/mol. The minimum absolute atomic E-state index is 0. The molecule has 4 N–H and O–H groups in total. The summed E-state index contributed by atoms with van der Waals surface area (Å²) in [5, 5.41) is 5.86.